The first-order valence-corrected chi connectivity index (χ1v) is 10.3. The van der Waals surface area contributed by atoms with Gasteiger partial charge in [0, 0.05) is 38.5 Å². The Morgan fingerprint density at radius 1 is 0.964 bits per heavy atom. The van der Waals surface area contributed by atoms with Gasteiger partial charge in [-0.25, -0.2) is 0 Å². The summed E-state index contributed by atoms with van der Waals surface area (Å²) in [5.74, 6) is 0.633. The number of benzene rings is 2. The maximum atomic E-state index is 12.8. The maximum absolute atomic E-state index is 12.8. The molecule has 1 unspecified atom stereocenters. The Morgan fingerprint density at radius 3 is 2.36 bits per heavy atom. The normalized spacial score (nSPS) is 18.0. The summed E-state index contributed by atoms with van der Waals surface area (Å²) < 4.78 is 5.97. The van der Waals surface area contributed by atoms with Crippen molar-refractivity contribution in [2.75, 3.05) is 39.8 Å². The van der Waals surface area contributed by atoms with Crippen molar-refractivity contribution in [3.63, 3.8) is 0 Å². The van der Waals surface area contributed by atoms with Crippen LogP contribution in [0.3, 0.4) is 0 Å². The van der Waals surface area contributed by atoms with Gasteiger partial charge in [0.15, 0.2) is 0 Å². The predicted octanol–water partition coefficient (Wildman–Crippen LogP) is 3.62. The highest BCUT2D eigenvalue weighted by Crippen LogP contribution is 2.13. The average molecular weight is 381 g/mol. The Labute approximate surface area is 169 Å². The van der Waals surface area contributed by atoms with Gasteiger partial charge in [0.2, 0.25) is 5.91 Å². The van der Waals surface area contributed by atoms with Gasteiger partial charge in [-0.2, -0.15) is 0 Å². The number of nitrogens with zero attached hydrogens (tertiary/aromatic N) is 2. The molecule has 2 aromatic rings. The summed E-state index contributed by atoms with van der Waals surface area (Å²) >= 11 is 0. The highest BCUT2D eigenvalue weighted by molar-refractivity contribution is 5.76. The van der Waals surface area contributed by atoms with Crippen LogP contribution in [0.15, 0.2) is 60.7 Å². The Hall–Kier alpha value is -2.17. The Kier molecular flexibility index (Phi) is 8.07. The van der Waals surface area contributed by atoms with E-state index in [1.54, 1.807) is 0 Å². The van der Waals surface area contributed by atoms with Crippen LogP contribution in [0.4, 0.5) is 0 Å². The average Bonchev–Trinajstić information content (AvgIpc) is 2.91. The molecule has 28 heavy (non-hydrogen) atoms. The van der Waals surface area contributed by atoms with E-state index in [-0.39, 0.29) is 5.91 Å². The molecule has 0 bridgehead atoms. The first kappa shape index (κ1) is 20.6. The van der Waals surface area contributed by atoms with Crippen molar-refractivity contribution in [3.8, 4) is 0 Å². The van der Waals surface area contributed by atoms with Gasteiger partial charge < -0.3 is 14.5 Å². The molecule has 1 fully saturated rings. The largest absolute Gasteiger partial charge is 0.376 e. The van der Waals surface area contributed by atoms with E-state index < -0.39 is 0 Å². The highest BCUT2D eigenvalue weighted by Gasteiger charge is 2.24. The lowest BCUT2D eigenvalue weighted by Crippen LogP contribution is -2.37. The first-order chi connectivity index (χ1) is 13.7. The van der Waals surface area contributed by atoms with Crippen molar-refractivity contribution in [1.29, 1.82) is 0 Å². The van der Waals surface area contributed by atoms with Gasteiger partial charge >= 0.3 is 0 Å². The molecule has 0 radical (unpaired) electrons. The van der Waals surface area contributed by atoms with Crippen molar-refractivity contribution in [3.05, 3.63) is 71.8 Å². The van der Waals surface area contributed by atoms with Gasteiger partial charge in [-0.05, 0) is 31.0 Å². The second kappa shape index (κ2) is 11.0. The standard InChI is InChI=1S/C24H32N2O2/c1-25-15-16-26(24(27)14-8-13-21-9-4-2-5-10-21)18-23(17-25)20-28-19-22-11-6-3-7-12-22/h2-7,9-12,23H,8,13-20H2,1H3. The van der Waals surface area contributed by atoms with E-state index in [4.69, 9.17) is 4.74 Å². The van der Waals surface area contributed by atoms with E-state index in [1.807, 2.05) is 29.2 Å². The van der Waals surface area contributed by atoms with Crippen LogP contribution in [0.25, 0.3) is 0 Å². The minimum atomic E-state index is 0.277. The zero-order valence-corrected chi connectivity index (χ0v) is 16.9. The van der Waals surface area contributed by atoms with Crippen LogP contribution >= 0.6 is 0 Å². The molecule has 0 spiro atoms. The fourth-order valence-corrected chi connectivity index (χ4v) is 3.78. The van der Waals surface area contributed by atoms with E-state index in [9.17, 15) is 4.79 Å². The zero-order valence-electron chi connectivity index (χ0n) is 16.9. The molecule has 1 aliphatic heterocycles. The number of aryl methyl sites for hydroxylation is 1. The molecular weight excluding hydrogens is 348 g/mol. The van der Waals surface area contributed by atoms with Crippen LogP contribution < -0.4 is 0 Å². The van der Waals surface area contributed by atoms with Crippen molar-refractivity contribution in [2.24, 2.45) is 5.92 Å². The Balaban J connectivity index is 1.44. The zero-order chi connectivity index (χ0) is 19.6. The molecule has 0 saturated carbocycles. The van der Waals surface area contributed by atoms with E-state index in [2.05, 4.69) is 48.3 Å². The molecular formula is C24H32N2O2. The number of likely N-dealkylation sites (N-methyl/N-ethyl adjacent to an activating group) is 1. The lowest BCUT2D eigenvalue weighted by molar-refractivity contribution is -0.131. The summed E-state index contributed by atoms with van der Waals surface area (Å²) in [5, 5.41) is 0. The van der Waals surface area contributed by atoms with E-state index in [0.717, 1.165) is 39.0 Å². The van der Waals surface area contributed by atoms with Crippen molar-refractivity contribution < 1.29 is 9.53 Å². The first-order valence-electron chi connectivity index (χ1n) is 10.3. The van der Waals surface area contributed by atoms with Gasteiger partial charge in [0.25, 0.3) is 0 Å². The fourth-order valence-electron chi connectivity index (χ4n) is 3.78. The van der Waals surface area contributed by atoms with Crippen molar-refractivity contribution >= 4 is 5.91 Å². The molecule has 0 aromatic heterocycles. The summed E-state index contributed by atoms with van der Waals surface area (Å²) in [6, 6.07) is 20.7. The Morgan fingerprint density at radius 2 is 1.64 bits per heavy atom. The Bertz CT molecular complexity index is 705. The molecule has 1 atom stereocenters. The monoisotopic (exact) mass is 380 g/mol. The second-order valence-corrected chi connectivity index (χ2v) is 7.81. The van der Waals surface area contributed by atoms with Crippen LogP contribution in [0.5, 0.6) is 0 Å². The smallest absolute Gasteiger partial charge is 0.222 e. The quantitative estimate of drug-likeness (QED) is 0.701. The van der Waals surface area contributed by atoms with E-state index in [1.165, 1.54) is 11.1 Å². The number of hydrogen-bond donors (Lipinski definition) is 0. The summed E-state index contributed by atoms with van der Waals surface area (Å²) in [7, 11) is 2.13. The van der Waals surface area contributed by atoms with E-state index >= 15 is 0 Å². The molecule has 3 rings (SSSR count). The summed E-state index contributed by atoms with van der Waals surface area (Å²) in [5.41, 5.74) is 2.50. The van der Waals surface area contributed by atoms with Crippen LogP contribution in [-0.2, 0) is 22.6 Å². The molecule has 4 heteroatoms. The van der Waals surface area contributed by atoms with Gasteiger partial charge in [-0.15, -0.1) is 0 Å². The lowest BCUT2D eigenvalue weighted by Gasteiger charge is -2.24. The van der Waals surface area contributed by atoms with Gasteiger partial charge in [0.1, 0.15) is 0 Å². The molecule has 1 saturated heterocycles. The number of amides is 1. The van der Waals surface area contributed by atoms with Crippen LogP contribution in [-0.4, -0.2) is 55.5 Å². The van der Waals surface area contributed by atoms with Crippen LogP contribution in [0.2, 0.25) is 0 Å². The number of hydrogen-bond acceptors (Lipinski definition) is 3. The third-order valence-electron chi connectivity index (χ3n) is 5.32. The molecule has 1 amide bonds. The predicted molar refractivity (Wildman–Crippen MR) is 113 cm³/mol. The molecule has 0 N–H and O–H groups in total. The molecule has 2 aromatic carbocycles. The number of ether oxygens (including phenoxy) is 1. The molecule has 150 valence electrons. The van der Waals surface area contributed by atoms with Gasteiger partial charge in [-0.1, -0.05) is 60.7 Å². The minimum absolute atomic E-state index is 0.277. The lowest BCUT2D eigenvalue weighted by atomic mass is 10.1. The molecule has 0 aliphatic carbocycles. The summed E-state index contributed by atoms with van der Waals surface area (Å²) in [6.07, 6.45) is 2.49. The van der Waals surface area contributed by atoms with Gasteiger partial charge in [-0.3, -0.25) is 4.79 Å². The topological polar surface area (TPSA) is 32.8 Å². The second-order valence-electron chi connectivity index (χ2n) is 7.81. The summed E-state index contributed by atoms with van der Waals surface area (Å²) in [4.78, 5) is 17.1. The van der Waals surface area contributed by atoms with Crippen molar-refractivity contribution in [1.82, 2.24) is 9.80 Å². The third-order valence-corrected chi connectivity index (χ3v) is 5.32. The number of carbonyl (C=O) groups excluding carboxylic acids is 1. The summed E-state index contributed by atoms with van der Waals surface area (Å²) in [6.45, 7) is 4.83. The molecule has 4 nitrogen and oxygen atoms in total. The highest BCUT2D eigenvalue weighted by atomic mass is 16.5. The van der Waals surface area contributed by atoms with Crippen molar-refractivity contribution in [2.45, 2.75) is 25.9 Å². The SMILES string of the molecule is CN1CCN(C(=O)CCCc2ccccc2)CC(COCc2ccccc2)C1. The maximum Gasteiger partial charge on any atom is 0.222 e. The molecule has 1 aliphatic rings. The van der Waals surface area contributed by atoms with E-state index in [0.29, 0.717) is 25.6 Å². The van der Waals surface area contributed by atoms with Crippen LogP contribution in [0, 0.1) is 5.92 Å². The number of carbonyl (C=O) groups is 1. The third kappa shape index (κ3) is 6.77. The van der Waals surface area contributed by atoms with Crippen LogP contribution in [0.1, 0.15) is 24.0 Å². The number of rotatable bonds is 8. The van der Waals surface area contributed by atoms with Gasteiger partial charge in [0.05, 0.1) is 13.2 Å². The molecule has 1 heterocycles. The minimum Gasteiger partial charge on any atom is -0.376 e. The fraction of sp³-hybridized carbons (Fsp3) is 0.458.